The third-order valence-electron chi connectivity index (χ3n) is 2.21. The topological polar surface area (TPSA) is 70.9 Å². The molecule has 0 fully saturated rings. The summed E-state index contributed by atoms with van der Waals surface area (Å²) in [5.41, 5.74) is 4.79. The summed E-state index contributed by atoms with van der Waals surface area (Å²) in [5, 5.41) is 0.888. The molecule has 1 heterocycles. The molecule has 1 aromatic heterocycles. The van der Waals surface area contributed by atoms with Crippen LogP contribution in [0.5, 0.6) is 0 Å². The third-order valence-corrected chi connectivity index (χ3v) is 2.21. The molecular weight excluding hydrogens is 178 g/mol. The Bertz CT molecular complexity index is 487. The van der Waals surface area contributed by atoms with Gasteiger partial charge in [-0.1, -0.05) is 12.1 Å². The zero-order valence-corrected chi connectivity index (χ0v) is 7.79. The zero-order valence-electron chi connectivity index (χ0n) is 7.79. The van der Waals surface area contributed by atoms with Gasteiger partial charge in [0.15, 0.2) is 0 Å². The molecule has 0 spiro atoms. The lowest BCUT2D eigenvalue weighted by Gasteiger charge is -1.97. The second-order valence-corrected chi connectivity index (χ2v) is 3.22. The molecular formula is C10H11N3O. The molecule has 0 aliphatic heterocycles. The second-order valence-electron chi connectivity index (χ2n) is 3.22. The van der Waals surface area contributed by atoms with Crippen molar-refractivity contribution in [2.45, 2.75) is 6.92 Å². The Kier molecular flexibility index (Phi) is 1.98. The summed E-state index contributed by atoms with van der Waals surface area (Å²) in [7, 11) is 0. The fourth-order valence-electron chi connectivity index (χ4n) is 1.51. The number of hydrazine groups is 1. The Morgan fingerprint density at radius 1 is 1.50 bits per heavy atom. The number of hydrogen-bond acceptors (Lipinski definition) is 2. The van der Waals surface area contributed by atoms with E-state index in [1.54, 1.807) is 6.20 Å². The fraction of sp³-hybridized carbons (Fsp3) is 0.100. The maximum Gasteiger partial charge on any atom is 0.267 e. The number of carbonyl (C=O) groups excluding carboxylic acids is 1. The van der Waals surface area contributed by atoms with E-state index in [4.69, 9.17) is 5.84 Å². The van der Waals surface area contributed by atoms with E-state index in [0.717, 1.165) is 16.5 Å². The highest BCUT2D eigenvalue weighted by Crippen LogP contribution is 2.18. The van der Waals surface area contributed by atoms with E-state index in [2.05, 4.69) is 10.4 Å². The Morgan fingerprint density at radius 3 is 3.00 bits per heavy atom. The molecule has 72 valence electrons. The van der Waals surface area contributed by atoms with Gasteiger partial charge in [0.2, 0.25) is 0 Å². The van der Waals surface area contributed by atoms with Gasteiger partial charge in [0, 0.05) is 17.1 Å². The molecule has 0 atom stereocenters. The molecule has 1 amide bonds. The lowest BCUT2D eigenvalue weighted by molar-refractivity contribution is 0.0955. The largest absolute Gasteiger partial charge is 0.360 e. The van der Waals surface area contributed by atoms with E-state index in [9.17, 15) is 4.79 Å². The number of aromatic amines is 1. The number of amides is 1. The maximum absolute atomic E-state index is 11.3. The number of nitrogen functional groups attached to an aromatic ring is 1. The van der Waals surface area contributed by atoms with Crippen molar-refractivity contribution in [1.29, 1.82) is 0 Å². The quantitative estimate of drug-likeness (QED) is 0.357. The van der Waals surface area contributed by atoms with Crippen LogP contribution in [0.1, 0.15) is 15.9 Å². The van der Waals surface area contributed by atoms with E-state index in [-0.39, 0.29) is 5.91 Å². The minimum atomic E-state index is -0.278. The van der Waals surface area contributed by atoms with Crippen LogP contribution in [0.3, 0.4) is 0 Å². The molecule has 0 aliphatic carbocycles. The number of rotatable bonds is 1. The van der Waals surface area contributed by atoms with Crippen LogP contribution in [-0.4, -0.2) is 10.9 Å². The van der Waals surface area contributed by atoms with Gasteiger partial charge in [-0.3, -0.25) is 10.2 Å². The molecule has 0 unspecified atom stereocenters. The van der Waals surface area contributed by atoms with E-state index in [1.807, 2.05) is 25.1 Å². The van der Waals surface area contributed by atoms with Gasteiger partial charge >= 0.3 is 0 Å². The van der Waals surface area contributed by atoms with Crippen LogP contribution in [-0.2, 0) is 0 Å². The number of benzene rings is 1. The Morgan fingerprint density at radius 2 is 2.29 bits per heavy atom. The number of fused-ring (bicyclic) bond motifs is 1. The van der Waals surface area contributed by atoms with Crippen molar-refractivity contribution < 1.29 is 4.79 Å². The molecule has 2 rings (SSSR count). The Balaban J connectivity index is 2.64. The minimum Gasteiger partial charge on any atom is -0.360 e. The second kappa shape index (κ2) is 3.16. The van der Waals surface area contributed by atoms with Gasteiger partial charge in [-0.2, -0.15) is 0 Å². The summed E-state index contributed by atoms with van der Waals surface area (Å²) in [5.74, 6) is 4.79. The lowest BCUT2D eigenvalue weighted by atomic mass is 10.1. The third kappa shape index (κ3) is 1.25. The van der Waals surface area contributed by atoms with Crippen LogP contribution in [0.4, 0.5) is 0 Å². The number of hydrogen-bond donors (Lipinski definition) is 3. The van der Waals surface area contributed by atoms with Crippen LogP contribution in [0, 0.1) is 6.92 Å². The molecule has 0 radical (unpaired) electrons. The van der Waals surface area contributed by atoms with Crippen molar-refractivity contribution in [3.05, 3.63) is 35.5 Å². The van der Waals surface area contributed by atoms with Gasteiger partial charge in [-0.15, -0.1) is 0 Å². The van der Waals surface area contributed by atoms with Crippen molar-refractivity contribution in [3.63, 3.8) is 0 Å². The highest BCUT2D eigenvalue weighted by molar-refractivity contribution is 6.06. The first-order chi connectivity index (χ1) is 6.72. The average molecular weight is 189 g/mol. The van der Waals surface area contributed by atoms with Crippen LogP contribution in [0.15, 0.2) is 24.4 Å². The van der Waals surface area contributed by atoms with Gasteiger partial charge in [0.05, 0.1) is 5.56 Å². The molecule has 2 aromatic rings. The number of H-pyrrole nitrogens is 1. The summed E-state index contributed by atoms with van der Waals surface area (Å²) >= 11 is 0. The van der Waals surface area contributed by atoms with Crippen molar-refractivity contribution in [2.75, 3.05) is 0 Å². The predicted octanol–water partition coefficient (Wildman–Crippen LogP) is 1.08. The van der Waals surface area contributed by atoms with Crippen molar-refractivity contribution in [3.8, 4) is 0 Å². The Hall–Kier alpha value is -1.81. The summed E-state index contributed by atoms with van der Waals surface area (Å²) in [6, 6.07) is 5.86. The van der Waals surface area contributed by atoms with Gasteiger partial charge in [0.25, 0.3) is 5.91 Å². The van der Waals surface area contributed by atoms with E-state index >= 15 is 0 Å². The standard InChI is InChI=1S/C10H11N3O/c1-6-2-3-7-8(10(14)13-11)5-12-9(7)4-6/h2-5,12H,11H2,1H3,(H,13,14). The first kappa shape index (κ1) is 8.77. The number of aryl methyl sites for hydroxylation is 1. The van der Waals surface area contributed by atoms with Gasteiger partial charge < -0.3 is 4.98 Å². The fourth-order valence-corrected chi connectivity index (χ4v) is 1.51. The smallest absolute Gasteiger partial charge is 0.267 e. The number of aromatic nitrogens is 1. The number of nitrogens with two attached hydrogens (primary N) is 1. The normalized spacial score (nSPS) is 10.4. The highest BCUT2D eigenvalue weighted by Gasteiger charge is 2.09. The van der Waals surface area contributed by atoms with Crippen molar-refractivity contribution in [2.24, 2.45) is 5.84 Å². The SMILES string of the molecule is Cc1ccc2c(C(=O)NN)c[nH]c2c1. The van der Waals surface area contributed by atoms with Crippen LogP contribution >= 0.6 is 0 Å². The molecule has 4 nitrogen and oxygen atoms in total. The molecule has 0 bridgehead atoms. The monoisotopic (exact) mass is 189 g/mol. The van der Waals surface area contributed by atoms with E-state index in [1.165, 1.54) is 0 Å². The van der Waals surface area contributed by atoms with E-state index in [0.29, 0.717) is 5.56 Å². The first-order valence-corrected chi connectivity index (χ1v) is 4.31. The summed E-state index contributed by atoms with van der Waals surface area (Å²) in [4.78, 5) is 14.3. The first-order valence-electron chi connectivity index (χ1n) is 4.31. The Labute approximate surface area is 81.1 Å². The average Bonchev–Trinajstić information content (AvgIpc) is 2.59. The van der Waals surface area contributed by atoms with Gasteiger partial charge in [0.1, 0.15) is 0 Å². The lowest BCUT2D eigenvalue weighted by Crippen LogP contribution is -2.29. The van der Waals surface area contributed by atoms with E-state index < -0.39 is 0 Å². The minimum absolute atomic E-state index is 0.278. The molecule has 0 saturated carbocycles. The molecule has 1 aromatic carbocycles. The molecule has 0 saturated heterocycles. The molecule has 14 heavy (non-hydrogen) atoms. The summed E-state index contributed by atoms with van der Waals surface area (Å²) < 4.78 is 0. The number of carbonyl (C=O) groups is 1. The van der Waals surface area contributed by atoms with Crippen molar-refractivity contribution >= 4 is 16.8 Å². The summed E-state index contributed by atoms with van der Waals surface area (Å²) in [6.45, 7) is 2.00. The molecule has 0 aliphatic rings. The molecule has 4 heteroatoms. The zero-order chi connectivity index (χ0) is 10.1. The molecule has 4 N–H and O–H groups in total. The van der Waals surface area contributed by atoms with Gasteiger partial charge in [-0.05, 0) is 18.6 Å². The number of nitrogens with one attached hydrogen (secondary N) is 2. The van der Waals surface area contributed by atoms with Crippen LogP contribution in [0.2, 0.25) is 0 Å². The highest BCUT2D eigenvalue weighted by atomic mass is 16.2. The maximum atomic E-state index is 11.3. The van der Waals surface area contributed by atoms with Crippen molar-refractivity contribution in [1.82, 2.24) is 10.4 Å². The van der Waals surface area contributed by atoms with Gasteiger partial charge in [-0.25, -0.2) is 5.84 Å². The summed E-state index contributed by atoms with van der Waals surface area (Å²) in [6.07, 6.45) is 1.66. The van der Waals surface area contributed by atoms with Crippen LogP contribution < -0.4 is 11.3 Å². The predicted molar refractivity (Wildman–Crippen MR) is 54.7 cm³/mol. The van der Waals surface area contributed by atoms with Crippen LogP contribution in [0.25, 0.3) is 10.9 Å².